The van der Waals surface area contributed by atoms with Gasteiger partial charge in [0, 0.05) is 39.1 Å². The van der Waals surface area contributed by atoms with Crippen LogP contribution < -0.4 is 0 Å². The van der Waals surface area contributed by atoms with Gasteiger partial charge in [-0.1, -0.05) is 18.7 Å². The third kappa shape index (κ3) is 3.02. The molecular weight excluding hydrogens is 394 g/mol. The number of H-pyrrole nitrogens is 1. The minimum absolute atomic E-state index is 0.00839. The molecule has 0 unspecified atom stereocenters. The summed E-state index contributed by atoms with van der Waals surface area (Å²) in [6.45, 7) is 8.22. The Balaban J connectivity index is 1.89. The molecule has 1 aliphatic rings. The molecule has 154 valence electrons. The molecule has 0 spiro atoms. The van der Waals surface area contributed by atoms with Crippen molar-refractivity contribution in [2.45, 2.75) is 45.6 Å². The first-order valence-corrected chi connectivity index (χ1v) is 11.3. The Morgan fingerprint density at radius 2 is 2.17 bits per heavy atom. The Bertz CT molecular complexity index is 1270. The molecule has 0 amide bonds. The lowest BCUT2D eigenvalue weighted by Gasteiger charge is -2.23. The number of fused-ring (bicyclic) bond motifs is 4. The Kier molecular flexibility index (Phi) is 4.83. The minimum Gasteiger partial charge on any atom is -0.510 e. The fraction of sp³-hybridized carbons (Fsp3) is 0.333. The Hall–Kier alpha value is -2.70. The molecule has 1 aromatic carbocycles. The van der Waals surface area contributed by atoms with Gasteiger partial charge in [-0.3, -0.25) is 5.10 Å². The maximum Gasteiger partial charge on any atom is 0.141 e. The van der Waals surface area contributed by atoms with Gasteiger partial charge < -0.3 is 9.84 Å². The van der Waals surface area contributed by atoms with E-state index in [1.807, 2.05) is 31.4 Å². The first kappa shape index (κ1) is 19.3. The Labute approximate surface area is 179 Å². The molecule has 0 saturated heterocycles. The highest BCUT2D eigenvalue weighted by Gasteiger charge is 2.28. The number of hydrogen-bond donors (Lipinski definition) is 2. The molecule has 0 fully saturated rings. The van der Waals surface area contributed by atoms with E-state index in [4.69, 9.17) is 9.72 Å². The van der Waals surface area contributed by atoms with Gasteiger partial charge in [-0.2, -0.15) is 5.10 Å². The van der Waals surface area contributed by atoms with Crippen molar-refractivity contribution >= 4 is 32.5 Å². The van der Waals surface area contributed by atoms with Crippen LogP contribution in [0.2, 0.25) is 0 Å². The van der Waals surface area contributed by atoms with Crippen molar-refractivity contribution in [2.24, 2.45) is 0 Å². The van der Waals surface area contributed by atoms with Crippen LogP contribution in [0.3, 0.4) is 0 Å². The summed E-state index contributed by atoms with van der Waals surface area (Å²) in [5, 5.41) is 20.0. The number of ether oxygens (including phenoxy) is 1. The van der Waals surface area contributed by atoms with Crippen molar-refractivity contribution in [3.63, 3.8) is 0 Å². The first-order valence-electron chi connectivity index (χ1n) is 10.5. The fourth-order valence-corrected chi connectivity index (χ4v) is 5.96. The van der Waals surface area contributed by atoms with Gasteiger partial charge in [0.05, 0.1) is 11.7 Å². The van der Waals surface area contributed by atoms with Crippen LogP contribution in [-0.4, -0.2) is 26.9 Å². The molecule has 2 N–H and O–H groups in total. The van der Waals surface area contributed by atoms with Crippen molar-refractivity contribution in [2.75, 3.05) is 6.61 Å². The number of aliphatic hydroxyl groups is 1. The number of pyridine rings is 1. The summed E-state index contributed by atoms with van der Waals surface area (Å²) in [6, 6.07) is 6.35. The van der Waals surface area contributed by atoms with Crippen molar-refractivity contribution in [1.29, 1.82) is 0 Å². The lowest BCUT2D eigenvalue weighted by Crippen LogP contribution is -2.12. The Morgan fingerprint density at radius 3 is 2.97 bits per heavy atom. The van der Waals surface area contributed by atoms with Gasteiger partial charge >= 0.3 is 0 Å². The molecule has 0 bridgehead atoms. The number of rotatable bonds is 5. The summed E-state index contributed by atoms with van der Waals surface area (Å²) in [4.78, 5) is 7.49. The summed E-state index contributed by atoms with van der Waals surface area (Å²) in [6.07, 6.45) is 5.83. The number of benzene rings is 1. The molecule has 5 rings (SSSR count). The predicted octanol–water partition coefficient (Wildman–Crippen LogP) is 6.18. The van der Waals surface area contributed by atoms with Gasteiger partial charge in [-0.05, 0) is 56.7 Å². The number of aliphatic hydroxyl groups excluding tert-OH is 1. The average Bonchev–Trinajstić information content (AvgIpc) is 3.34. The van der Waals surface area contributed by atoms with E-state index in [0.29, 0.717) is 6.61 Å². The monoisotopic (exact) mass is 419 g/mol. The molecule has 3 heterocycles. The van der Waals surface area contributed by atoms with Gasteiger partial charge in [0.1, 0.15) is 16.7 Å². The number of aromatic nitrogens is 3. The van der Waals surface area contributed by atoms with E-state index in [9.17, 15) is 5.11 Å². The maximum atomic E-state index is 10.4. The van der Waals surface area contributed by atoms with Crippen LogP contribution in [-0.2, 0) is 17.6 Å². The minimum atomic E-state index is -0.612. The zero-order chi connectivity index (χ0) is 20.8. The molecule has 3 aromatic heterocycles. The molecule has 0 aliphatic heterocycles. The summed E-state index contributed by atoms with van der Waals surface area (Å²) in [7, 11) is 0. The second-order valence-electron chi connectivity index (χ2n) is 7.88. The van der Waals surface area contributed by atoms with Crippen LogP contribution in [0.25, 0.3) is 32.2 Å². The largest absolute Gasteiger partial charge is 0.510 e. The number of aryl methyl sites for hydroxylation is 3. The lowest BCUT2D eigenvalue weighted by molar-refractivity contribution is 0.0580. The number of aromatic amines is 1. The molecule has 4 aromatic rings. The summed E-state index contributed by atoms with van der Waals surface area (Å²) < 4.78 is 5.97. The van der Waals surface area contributed by atoms with E-state index in [-0.39, 0.29) is 5.76 Å². The zero-order valence-electron chi connectivity index (χ0n) is 17.3. The molecule has 0 saturated carbocycles. The van der Waals surface area contributed by atoms with E-state index < -0.39 is 6.10 Å². The molecule has 6 heteroatoms. The normalized spacial score (nSPS) is 14.9. The van der Waals surface area contributed by atoms with E-state index in [1.54, 1.807) is 0 Å². The van der Waals surface area contributed by atoms with Gasteiger partial charge in [-0.15, -0.1) is 11.3 Å². The smallest absolute Gasteiger partial charge is 0.141 e. The highest BCUT2D eigenvalue weighted by molar-refractivity contribution is 7.19. The maximum absolute atomic E-state index is 10.4. The topological polar surface area (TPSA) is 71.0 Å². The highest BCUT2D eigenvalue weighted by Crippen LogP contribution is 2.46. The number of hydrogen-bond acceptors (Lipinski definition) is 5. The van der Waals surface area contributed by atoms with E-state index >= 15 is 0 Å². The number of nitrogens with zero attached hydrogens (tertiary/aromatic N) is 2. The average molecular weight is 420 g/mol. The van der Waals surface area contributed by atoms with Gasteiger partial charge in [0.15, 0.2) is 0 Å². The highest BCUT2D eigenvalue weighted by atomic mass is 32.1. The predicted molar refractivity (Wildman–Crippen MR) is 122 cm³/mol. The molecule has 5 nitrogen and oxygen atoms in total. The first-order chi connectivity index (χ1) is 14.6. The second-order valence-corrected chi connectivity index (χ2v) is 8.96. The quantitative estimate of drug-likeness (QED) is 0.379. The van der Waals surface area contributed by atoms with E-state index in [2.05, 4.69) is 35.0 Å². The lowest BCUT2D eigenvalue weighted by atomic mass is 9.87. The van der Waals surface area contributed by atoms with Crippen LogP contribution in [0, 0.1) is 6.92 Å². The number of nitrogens with one attached hydrogen (secondary N) is 1. The Morgan fingerprint density at radius 1 is 1.33 bits per heavy atom. The van der Waals surface area contributed by atoms with Crippen LogP contribution in [0.5, 0.6) is 0 Å². The van der Waals surface area contributed by atoms with Gasteiger partial charge in [-0.25, -0.2) is 4.98 Å². The van der Waals surface area contributed by atoms with Crippen molar-refractivity contribution in [3.05, 3.63) is 58.4 Å². The van der Waals surface area contributed by atoms with Crippen LogP contribution >= 0.6 is 11.3 Å². The standard InChI is InChI=1S/C24H25N3O2S/c1-4-29-23(14(3)28)20-13(2)26-24-22(17-7-5-6-8-19(17)30-24)21(20)15-9-10-16-12-25-27-18(16)11-15/h9-12,23,28H,3-8H2,1-2H3,(H,25,27)/t23-/m1/s1. The van der Waals surface area contributed by atoms with Crippen LogP contribution in [0.15, 0.2) is 36.7 Å². The van der Waals surface area contributed by atoms with Gasteiger partial charge in [0.2, 0.25) is 0 Å². The molecule has 1 atom stereocenters. The van der Waals surface area contributed by atoms with Crippen LogP contribution in [0.1, 0.15) is 47.6 Å². The van der Waals surface area contributed by atoms with Crippen molar-refractivity contribution in [1.82, 2.24) is 15.2 Å². The van der Waals surface area contributed by atoms with E-state index in [0.717, 1.165) is 51.0 Å². The van der Waals surface area contributed by atoms with Crippen molar-refractivity contribution < 1.29 is 9.84 Å². The molecule has 0 radical (unpaired) electrons. The fourth-order valence-electron chi connectivity index (χ4n) is 4.64. The van der Waals surface area contributed by atoms with E-state index in [1.165, 1.54) is 28.7 Å². The third-order valence-electron chi connectivity index (χ3n) is 5.96. The van der Waals surface area contributed by atoms with Crippen LogP contribution in [0.4, 0.5) is 0 Å². The summed E-state index contributed by atoms with van der Waals surface area (Å²) in [5.74, 6) is 0.00839. The summed E-state index contributed by atoms with van der Waals surface area (Å²) >= 11 is 1.81. The number of thiophene rings is 1. The molecule has 1 aliphatic carbocycles. The zero-order valence-corrected chi connectivity index (χ0v) is 18.1. The molecular formula is C24H25N3O2S. The second kappa shape index (κ2) is 7.52. The van der Waals surface area contributed by atoms with Gasteiger partial charge in [0.25, 0.3) is 0 Å². The SMILES string of the molecule is C=C(O)[C@@H](OCC)c1c(C)nc2sc3c(c2c1-c1ccc2cn[nH]c2c1)CCCC3. The summed E-state index contributed by atoms with van der Waals surface area (Å²) in [5.41, 5.74) is 6.35. The molecule has 30 heavy (non-hydrogen) atoms. The van der Waals surface area contributed by atoms with Crippen molar-refractivity contribution in [3.8, 4) is 11.1 Å². The third-order valence-corrected chi connectivity index (χ3v) is 7.15.